The SMILES string of the molecule is N#Cc1c(-c2ccc(-c3ccc(Br)cc3)o2)cc(-c2cccs2)nc1OC(C(=O)O)c1ccccc1. The largest absolute Gasteiger partial charge is 0.478 e. The van der Waals surface area contributed by atoms with E-state index in [0.717, 1.165) is 14.9 Å². The van der Waals surface area contributed by atoms with Crippen molar-refractivity contribution in [2.24, 2.45) is 0 Å². The number of carboxylic acid groups (broad SMARTS) is 1. The van der Waals surface area contributed by atoms with Crippen LogP contribution >= 0.6 is 27.3 Å². The van der Waals surface area contributed by atoms with Crippen LogP contribution in [0.1, 0.15) is 17.2 Å². The van der Waals surface area contributed by atoms with E-state index >= 15 is 0 Å². The minimum atomic E-state index is -1.34. The maximum atomic E-state index is 12.1. The number of furan rings is 1. The molecule has 1 atom stereocenters. The van der Waals surface area contributed by atoms with Crippen molar-refractivity contribution in [3.63, 3.8) is 0 Å². The lowest BCUT2D eigenvalue weighted by molar-refractivity contribution is -0.145. The molecule has 1 N–H and O–H groups in total. The van der Waals surface area contributed by atoms with Crippen LogP contribution in [0.5, 0.6) is 5.88 Å². The average molecular weight is 557 g/mol. The summed E-state index contributed by atoms with van der Waals surface area (Å²) in [4.78, 5) is 17.5. The van der Waals surface area contributed by atoms with Gasteiger partial charge in [-0.25, -0.2) is 9.78 Å². The molecule has 5 aromatic rings. The fourth-order valence-corrected chi connectivity index (χ4v) is 4.66. The van der Waals surface area contributed by atoms with E-state index in [9.17, 15) is 15.2 Å². The highest BCUT2D eigenvalue weighted by molar-refractivity contribution is 9.10. The van der Waals surface area contributed by atoms with Gasteiger partial charge in [-0.1, -0.05) is 64.5 Å². The number of benzene rings is 2. The van der Waals surface area contributed by atoms with Crippen LogP contribution in [0.3, 0.4) is 0 Å². The van der Waals surface area contributed by atoms with E-state index in [1.807, 2.05) is 47.8 Å². The van der Waals surface area contributed by atoms with Crippen molar-refractivity contribution >= 4 is 33.2 Å². The number of nitrogens with zero attached hydrogens (tertiary/aromatic N) is 2. The van der Waals surface area contributed by atoms with Gasteiger partial charge in [-0.2, -0.15) is 5.26 Å². The lowest BCUT2D eigenvalue weighted by Gasteiger charge is -2.17. The van der Waals surface area contributed by atoms with E-state index in [2.05, 4.69) is 27.0 Å². The molecule has 0 saturated carbocycles. The first-order valence-corrected chi connectivity index (χ1v) is 12.5. The molecule has 3 aromatic heterocycles. The maximum absolute atomic E-state index is 12.1. The molecule has 1 unspecified atom stereocenters. The summed E-state index contributed by atoms with van der Waals surface area (Å²) in [5, 5.41) is 21.9. The average Bonchev–Trinajstić information content (AvgIpc) is 3.60. The number of rotatable bonds is 7. The number of pyridine rings is 1. The summed E-state index contributed by atoms with van der Waals surface area (Å²) in [7, 11) is 0. The van der Waals surface area contributed by atoms with Crippen LogP contribution in [0.2, 0.25) is 0 Å². The third-order valence-electron chi connectivity index (χ3n) is 5.43. The van der Waals surface area contributed by atoms with Gasteiger partial charge in [-0.15, -0.1) is 11.3 Å². The van der Waals surface area contributed by atoms with Crippen LogP contribution in [0.25, 0.3) is 33.2 Å². The molecule has 0 aliphatic carbocycles. The molecule has 0 aliphatic rings. The van der Waals surface area contributed by atoms with Crippen LogP contribution in [0, 0.1) is 11.3 Å². The number of nitriles is 1. The fraction of sp³-hybridized carbons (Fsp3) is 0.0357. The molecule has 5 rings (SSSR count). The molecule has 36 heavy (non-hydrogen) atoms. The predicted molar refractivity (Wildman–Crippen MR) is 141 cm³/mol. The summed E-state index contributed by atoms with van der Waals surface area (Å²) in [5.74, 6) is -0.186. The smallest absolute Gasteiger partial charge is 0.349 e. The van der Waals surface area contributed by atoms with Crippen LogP contribution < -0.4 is 4.74 Å². The Morgan fingerprint density at radius 1 is 1.03 bits per heavy atom. The van der Waals surface area contributed by atoms with Crippen LogP contribution in [-0.2, 0) is 4.79 Å². The van der Waals surface area contributed by atoms with Gasteiger partial charge >= 0.3 is 5.97 Å². The number of ether oxygens (including phenoxy) is 1. The Hall–Kier alpha value is -4.19. The molecular weight excluding hydrogens is 540 g/mol. The monoisotopic (exact) mass is 556 g/mol. The van der Waals surface area contributed by atoms with Gasteiger partial charge in [0.1, 0.15) is 23.2 Å². The number of aliphatic carboxylic acids is 1. The lowest BCUT2D eigenvalue weighted by atomic mass is 10.1. The van der Waals surface area contributed by atoms with E-state index in [1.165, 1.54) is 11.3 Å². The number of carboxylic acids is 1. The van der Waals surface area contributed by atoms with Crippen LogP contribution in [0.15, 0.2) is 99.2 Å². The zero-order chi connectivity index (χ0) is 25.1. The molecule has 6 nitrogen and oxygen atoms in total. The van der Waals surface area contributed by atoms with Crippen LogP contribution in [0.4, 0.5) is 0 Å². The third-order valence-corrected chi connectivity index (χ3v) is 6.85. The van der Waals surface area contributed by atoms with E-state index < -0.39 is 12.1 Å². The Labute approximate surface area is 219 Å². The second-order valence-corrected chi connectivity index (χ2v) is 9.61. The summed E-state index contributed by atoms with van der Waals surface area (Å²) in [6, 6.07) is 27.6. The quantitative estimate of drug-likeness (QED) is 0.222. The van der Waals surface area contributed by atoms with Crippen molar-refractivity contribution in [3.05, 3.63) is 106 Å². The molecule has 0 amide bonds. The lowest BCUT2D eigenvalue weighted by Crippen LogP contribution is -2.19. The molecule has 0 bridgehead atoms. The summed E-state index contributed by atoms with van der Waals surface area (Å²) in [5.41, 5.74) is 2.42. The molecule has 0 spiro atoms. The molecule has 0 aliphatic heterocycles. The van der Waals surface area contributed by atoms with Crippen molar-refractivity contribution in [3.8, 4) is 45.2 Å². The number of carbonyl (C=O) groups is 1. The molecule has 0 radical (unpaired) electrons. The highest BCUT2D eigenvalue weighted by Crippen LogP contribution is 2.38. The van der Waals surface area contributed by atoms with Gasteiger partial charge in [0.05, 0.1) is 10.6 Å². The second kappa shape index (κ2) is 10.2. The summed E-state index contributed by atoms with van der Waals surface area (Å²) >= 11 is 4.91. The van der Waals surface area contributed by atoms with E-state index in [1.54, 1.807) is 42.5 Å². The van der Waals surface area contributed by atoms with Crippen molar-refractivity contribution in [2.45, 2.75) is 6.10 Å². The number of hydrogen-bond acceptors (Lipinski definition) is 6. The van der Waals surface area contributed by atoms with Gasteiger partial charge in [0, 0.05) is 21.2 Å². The molecule has 0 fully saturated rings. The van der Waals surface area contributed by atoms with Gasteiger partial charge in [-0.3, -0.25) is 0 Å². The first-order valence-electron chi connectivity index (χ1n) is 10.8. The van der Waals surface area contributed by atoms with E-state index in [4.69, 9.17) is 9.15 Å². The minimum absolute atomic E-state index is 0.0729. The van der Waals surface area contributed by atoms with Gasteiger partial charge in [-0.05, 0) is 41.8 Å². The number of thiophene rings is 1. The topological polar surface area (TPSA) is 96.4 Å². The predicted octanol–water partition coefficient (Wildman–Crippen LogP) is 7.58. The molecular formula is C28H17BrN2O4S. The number of hydrogen-bond donors (Lipinski definition) is 1. The van der Waals surface area contributed by atoms with Crippen molar-refractivity contribution in [1.82, 2.24) is 4.98 Å². The standard InChI is InChI=1S/C28H17BrN2O4S/c29-19-10-8-17(9-11-19)23-12-13-24(34-23)20-15-22(25-7-4-14-36-25)31-27(21(20)16-30)35-26(28(32)33)18-5-2-1-3-6-18/h1-15,26H,(H,32,33). The molecule has 8 heteroatoms. The first kappa shape index (κ1) is 23.5. The summed E-state index contributed by atoms with van der Waals surface area (Å²) < 4.78 is 13.0. The Balaban J connectivity index is 1.64. The van der Waals surface area contributed by atoms with Gasteiger partial charge in [0.15, 0.2) is 0 Å². The van der Waals surface area contributed by atoms with E-state index in [-0.39, 0.29) is 11.4 Å². The Kier molecular flexibility index (Phi) is 6.67. The third kappa shape index (κ3) is 4.80. The first-order chi connectivity index (χ1) is 17.5. The highest BCUT2D eigenvalue weighted by atomic mass is 79.9. The zero-order valence-corrected chi connectivity index (χ0v) is 21.0. The fourth-order valence-electron chi connectivity index (χ4n) is 3.71. The van der Waals surface area contributed by atoms with Crippen LogP contribution in [-0.4, -0.2) is 16.1 Å². The highest BCUT2D eigenvalue weighted by Gasteiger charge is 2.27. The minimum Gasteiger partial charge on any atom is -0.478 e. The Bertz CT molecular complexity index is 1560. The van der Waals surface area contributed by atoms with Gasteiger partial charge < -0.3 is 14.3 Å². The van der Waals surface area contributed by atoms with Crippen molar-refractivity contribution in [1.29, 1.82) is 5.26 Å². The Morgan fingerprint density at radius 2 is 1.78 bits per heavy atom. The summed E-state index contributed by atoms with van der Waals surface area (Å²) in [6.07, 6.45) is -1.34. The molecule has 176 valence electrons. The zero-order valence-electron chi connectivity index (χ0n) is 18.6. The molecule has 3 heterocycles. The van der Waals surface area contributed by atoms with Gasteiger partial charge in [0.2, 0.25) is 12.0 Å². The second-order valence-electron chi connectivity index (χ2n) is 7.74. The summed E-state index contributed by atoms with van der Waals surface area (Å²) in [6.45, 7) is 0. The molecule has 0 saturated heterocycles. The van der Waals surface area contributed by atoms with Crippen molar-refractivity contribution in [2.75, 3.05) is 0 Å². The normalized spacial score (nSPS) is 11.6. The van der Waals surface area contributed by atoms with Crippen molar-refractivity contribution < 1.29 is 19.1 Å². The Morgan fingerprint density at radius 3 is 2.44 bits per heavy atom. The number of aromatic nitrogens is 1. The maximum Gasteiger partial charge on any atom is 0.349 e. The molecule has 2 aromatic carbocycles. The number of halogens is 1. The van der Waals surface area contributed by atoms with Gasteiger partial charge in [0.25, 0.3) is 0 Å². The van der Waals surface area contributed by atoms with E-state index in [0.29, 0.717) is 28.3 Å².